The van der Waals surface area contributed by atoms with Crippen molar-refractivity contribution in [3.05, 3.63) is 35.9 Å². The van der Waals surface area contributed by atoms with Crippen LogP contribution in [0.2, 0.25) is 0 Å². The fourth-order valence-corrected chi connectivity index (χ4v) is 9.38. The second-order valence-electron chi connectivity index (χ2n) is 21.2. The average Bonchev–Trinajstić information content (AvgIpc) is 3.38. The molecule has 12 atom stereocenters. The number of amides is 6. The number of benzene rings is 1. The van der Waals surface area contributed by atoms with E-state index in [1.165, 1.54) is 13.8 Å². The summed E-state index contributed by atoms with van der Waals surface area (Å²) in [6, 6.07) is 2.36. The molecule has 1 saturated heterocycles. The van der Waals surface area contributed by atoms with Gasteiger partial charge >= 0.3 is 0 Å². The normalized spacial score (nSPS) is 23.9. The zero-order valence-electron chi connectivity index (χ0n) is 46.5. The van der Waals surface area contributed by atoms with Crippen LogP contribution >= 0.6 is 0 Å². The lowest BCUT2D eigenvalue weighted by Crippen LogP contribution is -2.57. The van der Waals surface area contributed by atoms with Crippen LogP contribution in [0.5, 0.6) is 0 Å². The van der Waals surface area contributed by atoms with Crippen LogP contribution in [0, 0.1) is 29.6 Å². The monoisotopic (exact) mass is 1100 g/mol. The predicted octanol–water partition coefficient (Wildman–Crippen LogP) is -0.991. The summed E-state index contributed by atoms with van der Waals surface area (Å²) in [6.45, 7) is 7.54. The molecule has 3 unspecified atom stereocenters. The van der Waals surface area contributed by atoms with Crippen molar-refractivity contribution in [2.45, 2.75) is 186 Å². The number of nitrogens with two attached hydrogens (primary N) is 4. The Labute approximate surface area is 459 Å². The highest BCUT2D eigenvalue weighted by Crippen LogP contribution is 2.21. The van der Waals surface area contributed by atoms with Gasteiger partial charge in [0, 0.05) is 50.5 Å². The van der Waals surface area contributed by atoms with E-state index in [9.17, 15) is 63.3 Å². The van der Waals surface area contributed by atoms with Gasteiger partial charge in [-0.1, -0.05) is 70.4 Å². The summed E-state index contributed by atoms with van der Waals surface area (Å²) in [4.78, 5) is 140. The van der Waals surface area contributed by atoms with Crippen LogP contribution in [0.3, 0.4) is 0 Å². The van der Waals surface area contributed by atoms with Crippen molar-refractivity contribution in [1.82, 2.24) is 31.9 Å². The van der Waals surface area contributed by atoms with E-state index in [-0.39, 0.29) is 90.0 Å². The van der Waals surface area contributed by atoms with Crippen LogP contribution in [0.4, 0.5) is 0 Å². The van der Waals surface area contributed by atoms with Gasteiger partial charge in [0.15, 0.2) is 17.3 Å². The topological polar surface area (TPSA) is 408 Å². The molecule has 0 aliphatic carbocycles. The molecule has 0 aromatic heterocycles. The van der Waals surface area contributed by atoms with Gasteiger partial charge in [0.25, 0.3) is 0 Å². The third kappa shape index (κ3) is 24.6. The SMILES string of the molecule is CCCCCC(O)CC(=O)C[C@H](C(=O)N[C@@H](CCN)C(=O)C[C@H]1CCNC(=O)[C@H](C(C)O)CC(=O)[C@H](CCN)NC(=O)[C@H](CCN)NC(=O)[C@H](CC(C)C)NC(=O)[C@@H](Cc2ccccc2)CC(=O)[C@H](CCN)NC1=O)C(C)O. The van der Waals surface area contributed by atoms with Crippen molar-refractivity contribution < 1.29 is 63.3 Å². The second kappa shape index (κ2) is 36.6. The zero-order chi connectivity index (χ0) is 58.5. The molecule has 0 saturated carbocycles. The molecule has 23 heteroatoms. The number of aliphatic hydroxyl groups excluding tert-OH is 3. The minimum atomic E-state index is -1.42. The lowest BCUT2D eigenvalue weighted by atomic mass is 9.89. The minimum absolute atomic E-state index is 0.0239. The van der Waals surface area contributed by atoms with E-state index in [4.69, 9.17) is 22.9 Å². The van der Waals surface area contributed by atoms with Crippen molar-refractivity contribution in [1.29, 1.82) is 0 Å². The number of hydrogen-bond donors (Lipinski definition) is 13. The molecule has 1 heterocycles. The molecule has 1 fully saturated rings. The van der Waals surface area contributed by atoms with Gasteiger partial charge in [0.2, 0.25) is 35.4 Å². The molecule has 6 amide bonds. The van der Waals surface area contributed by atoms with Gasteiger partial charge in [-0.25, -0.2) is 0 Å². The summed E-state index contributed by atoms with van der Waals surface area (Å²) >= 11 is 0. The summed E-state index contributed by atoms with van der Waals surface area (Å²) in [6.07, 6.45) is -3.67. The van der Waals surface area contributed by atoms with Gasteiger partial charge in [-0.05, 0) is 103 Å². The highest BCUT2D eigenvalue weighted by molar-refractivity contribution is 5.98. The quantitative estimate of drug-likeness (QED) is 0.0470. The van der Waals surface area contributed by atoms with Crippen molar-refractivity contribution in [2.75, 3.05) is 32.7 Å². The molecule has 23 nitrogen and oxygen atoms in total. The smallest absolute Gasteiger partial charge is 0.243 e. The molecule has 17 N–H and O–H groups in total. The van der Waals surface area contributed by atoms with Crippen LogP contribution in [-0.2, 0) is 54.4 Å². The lowest BCUT2D eigenvalue weighted by molar-refractivity contribution is -0.137. The Hall–Kier alpha value is -5.56. The fourth-order valence-electron chi connectivity index (χ4n) is 9.38. The molecule has 0 radical (unpaired) electrons. The number of hydrogen-bond acceptors (Lipinski definition) is 17. The van der Waals surface area contributed by atoms with Crippen LogP contribution < -0.4 is 54.8 Å². The number of nitrogens with one attached hydrogen (secondary N) is 6. The summed E-state index contributed by atoms with van der Waals surface area (Å²) < 4.78 is 0. The van der Waals surface area contributed by atoms with Crippen molar-refractivity contribution in [2.24, 2.45) is 52.5 Å². The second-order valence-corrected chi connectivity index (χ2v) is 21.2. The summed E-state index contributed by atoms with van der Waals surface area (Å²) in [7, 11) is 0. The van der Waals surface area contributed by atoms with Gasteiger partial charge in [0.05, 0.1) is 48.3 Å². The van der Waals surface area contributed by atoms with E-state index in [0.29, 0.717) is 18.4 Å². The zero-order valence-corrected chi connectivity index (χ0v) is 46.5. The maximum Gasteiger partial charge on any atom is 0.243 e. The fraction of sp³-hybridized carbons (Fsp3) is 0.709. The third-order valence-corrected chi connectivity index (χ3v) is 14.0. The van der Waals surface area contributed by atoms with Crippen LogP contribution in [0.25, 0.3) is 0 Å². The first kappa shape index (κ1) is 68.5. The van der Waals surface area contributed by atoms with Gasteiger partial charge in [-0.2, -0.15) is 0 Å². The molecular formula is C55H92N10O13. The third-order valence-electron chi connectivity index (χ3n) is 14.0. The van der Waals surface area contributed by atoms with E-state index in [0.717, 1.165) is 12.8 Å². The molecule has 2 rings (SSSR count). The van der Waals surface area contributed by atoms with Crippen molar-refractivity contribution in [3.63, 3.8) is 0 Å². The standard InChI is InChI=1S/C55H92N10O13/c1-6-7-9-14-38(68)29-39(69)30-40(33(4)66)53(76)62-43(16-21-57)47(70)27-36-19-24-60-52(75)41(34(5)67)31-49(72)44(17-22-58)63-54(77)45(18-23-59)64-55(78)46(25-32(2)3)65-51(74)37(26-35-12-10-8-11-13-35)28-48(71)42(15-20-56)61-50(36)73/h8,10-13,32-34,36-38,40-46,66-68H,6-7,9,14-31,56-59H2,1-5H3,(H,60,75)(H,61,73)(H,62,76)(H,63,77)(H,64,78)(H,65,74)/t33?,34?,36-,37+,38?,40+,41+,42+,43+,44+,45+,46+/m1/s1. The number of ketones is 4. The summed E-state index contributed by atoms with van der Waals surface area (Å²) in [5, 5.41) is 47.9. The minimum Gasteiger partial charge on any atom is -0.393 e. The Kier molecular flexibility index (Phi) is 32.1. The van der Waals surface area contributed by atoms with Crippen LogP contribution in [0.1, 0.15) is 136 Å². The Morgan fingerprint density at radius 1 is 0.654 bits per heavy atom. The van der Waals surface area contributed by atoms with Crippen LogP contribution in [0.15, 0.2) is 30.3 Å². The van der Waals surface area contributed by atoms with Gasteiger partial charge in [-0.3, -0.25) is 47.9 Å². The molecule has 1 aromatic carbocycles. The number of unbranched alkanes of at least 4 members (excludes halogenated alkanes) is 2. The molecule has 0 spiro atoms. The highest BCUT2D eigenvalue weighted by Gasteiger charge is 2.37. The maximum atomic E-state index is 14.5. The predicted molar refractivity (Wildman–Crippen MR) is 292 cm³/mol. The molecule has 1 aliphatic rings. The highest BCUT2D eigenvalue weighted by atomic mass is 16.3. The van der Waals surface area contributed by atoms with Crippen LogP contribution in [-0.4, -0.2) is 155 Å². The van der Waals surface area contributed by atoms with E-state index in [2.05, 4.69) is 31.9 Å². The summed E-state index contributed by atoms with van der Waals surface area (Å²) in [5.74, 6) is -12.5. The van der Waals surface area contributed by atoms with E-state index in [1.54, 1.807) is 30.3 Å². The number of carbonyl (C=O) groups excluding carboxylic acids is 10. The Morgan fingerprint density at radius 3 is 1.77 bits per heavy atom. The first-order chi connectivity index (χ1) is 37.0. The number of Topliss-reactive ketones (excluding diaryl/α,β-unsaturated/α-hetero) is 4. The number of rotatable bonds is 27. The van der Waals surface area contributed by atoms with Gasteiger partial charge in [-0.15, -0.1) is 0 Å². The summed E-state index contributed by atoms with van der Waals surface area (Å²) in [5.41, 5.74) is 24.3. The lowest BCUT2D eigenvalue weighted by Gasteiger charge is -2.28. The number of carbonyl (C=O) groups is 10. The van der Waals surface area contributed by atoms with Crippen molar-refractivity contribution >= 4 is 58.6 Å². The maximum absolute atomic E-state index is 14.5. The molecular weight excluding hydrogens is 1010 g/mol. The number of aliphatic hydroxyl groups is 3. The van der Waals surface area contributed by atoms with Gasteiger partial charge < -0.3 is 70.2 Å². The largest absolute Gasteiger partial charge is 0.393 e. The first-order valence-electron chi connectivity index (χ1n) is 27.8. The van der Waals surface area contributed by atoms with Crippen molar-refractivity contribution in [3.8, 4) is 0 Å². The Morgan fingerprint density at radius 2 is 1.21 bits per heavy atom. The Bertz CT molecular complexity index is 2090. The molecule has 440 valence electrons. The first-order valence-corrected chi connectivity index (χ1v) is 27.8. The van der Waals surface area contributed by atoms with E-state index >= 15 is 0 Å². The van der Waals surface area contributed by atoms with E-state index < -0.39 is 156 Å². The molecule has 1 aliphatic heterocycles. The molecule has 1 aromatic rings. The average molecular weight is 1100 g/mol. The molecule has 0 bridgehead atoms. The van der Waals surface area contributed by atoms with E-state index in [1.807, 2.05) is 20.8 Å². The molecule has 78 heavy (non-hydrogen) atoms. The van der Waals surface area contributed by atoms with Gasteiger partial charge in [0.1, 0.15) is 17.9 Å². The Balaban J connectivity index is 2.70.